The number of allylic oxidation sites excluding steroid dienone is 2. The van der Waals surface area contributed by atoms with Crippen LogP contribution in [0.25, 0.3) is 0 Å². The number of carbonyl (C=O) groups excluding carboxylic acids is 4. The van der Waals surface area contributed by atoms with Gasteiger partial charge in [0, 0.05) is 68.6 Å². The first-order valence-corrected chi connectivity index (χ1v) is 50.4. The van der Waals surface area contributed by atoms with Gasteiger partial charge in [0.2, 0.25) is 33.4 Å². The number of halogens is 19. The van der Waals surface area contributed by atoms with Crippen molar-refractivity contribution in [3.8, 4) is 0 Å². The number of hydrogen-bond donors (Lipinski definition) is 0. The molecular formula is C92H139Cl5F14N6O12S3. The first kappa shape index (κ1) is 132. The van der Waals surface area contributed by atoms with Crippen LogP contribution in [0.2, 0.25) is 25.1 Å². The van der Waals surface area contributed by atoms with Crippen LogP contribution in [0.1, 0.15) is 226 Å². The Hall–Kier alpha value is -6.24. The number of hydrogen-bond acceptors (Lipinski definition) is 14. The summed E-state index contributed by atoms with van der Waals surface area (Å²) in [5.74, 6) is -8.03. The number of alkyl halides is 9. The molecule has 132 heavy (non-hydrogen) atoms. The summed E-state index contributed by atoms with van der Waals surface area (Å²) < 4.78 is 234. The zero-order valence-electron chi connectivity index (χ0n) is 80.6. The lowest BCUT2D eigenvalue weighted by atomic mass is 9.94. The molecule has 3 heterocycles. The van der Waals surface area contributed by atoms with E-state index in [2.05, 4.69) is 96.1 Å². The molecule has 40 heteroatoms. The molecule has 3 aliphatic heterocycles. The van der Waals surface area contributed by atoms with Gasteiger partial charge in [-0.3, -0.25) is 34.2 Å². The summed E-state index contributed by atoms with van der Waals surface area (Å²) in [7, 11) is -9.81. The summed E-state index contributed by atoms with van der Waals surface area (Å²) in [5.41, 5.74) is -2.57. The summed E-state index contributed by atoms with van der Waals surface area (Å²) in [6, 6.07) is 17.5. The number of imide groups is 1. The lowest BCUT2D eigenvalue weighted by Crippen LogP contribution is -2.41. The minimum Gasteiger partial charge on any atom is -0.342 e. The highest BCUT2D eigenvalue weighted by Gasteiger charge is 2.45. The Kier molecular flexibility index (Phi) is 64.0. The summed E-state index contributed by atoms with van der Waals surface area (Å²) in [6.45, 7) is 48.2. The molecule has 18 nitrogen and oxygen atoms in total. The standard InChI is InChI=1S/C11H15N3O.C11H16O2S.C10H9Cl5.C10H9F5.C10H14.C8H13NO2.C8H15NO.C7H13F3.C6H11F3.C5H9F3O2S.C5H12O2S.CH3NO2/c1-8(2)7-14-11(15)9-5-3-4-6-10(9)12-13-14;1-9(2)8-14(12,13)11-6-4-10(3)5-7-11;2*1-4(2)3-5-6(11)8(13)10(15)9(14)7(5)12;1-9(2)8-10-6-4-3-5-7-10;1-6(2)5-9-7(10)3-4-8(9)11;1-7(2)6-9-5-3-4-8(9)10;1-5(2)4-6(3)7(8,9)10;1-5(2)3-4-6(7,8)9;1-4(2)3-11(9,10)5(6,7)8;1-5(2)4-8(3,6)7;1-2(3)4/h3-6,8-10H,7H2,1-2H3;4-7,9H,8H2,1-3H3;2*4H,3H2,1-2H3;3-7,9H,8H2,1-2H3;6H,3-5H2,1-2H3;7H,3-6H2,1-2H3;5-6H,4H2,1-3H3;5H,3-4H2,1-2H3;4H,3H2,1-2H3;5H,4H2,1-3H3;1H3. The Balaban J connectivity index is -0.000000684. The van der Waals surface area contributed by atoms with Crippen molar-refractivity contribution in [2.75, 3.05) is 56.7 Å². The van der Waals surface area contributed by atoms with E-state index in [1.54, 1.807) is 53.7 Å². The maximum atomic E-state index is 13.0. The number of aryl methyl sites for hydroxylation is 1. The maximum absolute atomic E-state index is 13.0. The van der Waals surface area contributed by atoms with E-state index in [1.807, 2.05) is 89.8 Å². The van der Waals surface area contributed by atoms with Crippen LogP contribution in [0.5, 0.6) is 0 Å². The molecule has 0 spiro atoms. The zero-order valence-corrected chi connectivity index (χ0v) is 86.8. The van der Waals surface area contributed by atoms with Crippen molar-refractivity contribution in [2.45, 2.75) is 259 Å². The summed E-state index contributed by atoms with van der Waals surface area (Å²) >= 11 is 29.9. The van der Waals surface area contributed by atoms with Crippen LogP contribution < -0.4 is 0 Å². The van der Waals surface area contributed by atoms with Crippen molar-refractivity contribution in [2.24, 2.45) is 87.3 Å². The second kappa shape index (κ2) is 64.0. The highest BCUT2D eigenvalue weighted by molar-refractivity contribution is 7.92. The number of nitrogens with zero attached hydrogens (tertiary/aromatic N) is 6. The number of carbonyl (C=O) groups is 4. The molecule has 4 amide bonds. The Morgan fingerprint density at radius 1 is 0.485 bits per heavy atom. The van der Waals surface area contributed by atoms with Gasteiger partial charge in [-0.25, -0.2) is 52.2 Å². The molecule has 0 radical (unpaired) electrons. The average Bonchev–Trinajstić information content (AvgIpc) is 0.842. The summed E-state index contributed by atoms with van der Waals surface area (Å²) in [6.07, 6.45) is 5.09. The van der Waals surface area contributed by atoms with E-state index in [0.29, 0.717) is 82.6 Å². The zero-order chi connectivity index (χ0) is 104. The predicted molar refractivity (Wildman–Crippen MR) is 503 cm³/mol. The fraction of sp³-hybridized carbons (Fsp3) is 0.652. The van der Waals surface area contributed by atoms with E-state index in [9.17, 15) is 106 Å². The van der Waals surface area contributed by atoms with Crippen molar-refractivity contribution in [1.29, 1.82) is 0 Å². The minimum atomic E-state index is -5.10. The fourth-order valence-corrected chi connectivity index (χ4v) is 16.8. The van der Waals surface area contributed by atoms with Crippen LogP contribution in [0.15, 0.2) is 94.1 Å². The van der Waals surface area contributed by atoms with Crippen LogP contribution in [-0.4, -0.2) is 149 Å². The molecule has 2 fully saturated rings. The normalized spacial score (nSPS) is 15.0. The van der Waals surface area contributed by atoms with E-state index in [4.69, 9.17) is 68.1 Å². The minimum absolute atomic E-state index is 0.0105. The molecule has 0 bridgehead atoms. The predicted octanol–water partition coefficient (Wildman–Crippen LogP) is 27.4. The molecule has 0 aromatic heterocycles. The molecule has 1 aliphatic carbocycles. The third-order valence-electron chi connectivity index (χ3n) is 17.1. The van der Waals surface area contributed by atoms with Gasteiger partial charge in [0.05, 0.1) is 59.1 Å². The Morgan fingerprint density at radius 3 is 1.22 bits per heavy atom. The molecule has 4 aromatic carbocycles. The van der Waals surface area contributed by atoms with Crippen molar-refractivity contribution in [3.05, 3.63) is 165 Å². The third-order valence-corrected chi connectivity index (χ3v) is 24.6. The average molecular weight is 2060 g/mol. The third kappa shape index (κ3) is 59.7. The molecule has 0 saturated carbocycles. The van der Waals surface area contributed by atoms with Gasteiger partial charge in [0.1, 0.15) is 15.9 Å². The molecule has 0 N–H and O–H groups in total. The van der Waals surface area contributed by atoms with Crippen LogP contribution in [0.4, 0.5) is 61.5 Å². The SMILES string of the molecule is CC(C)CC(C)C(F)(F)F.CC(C)CCC(F)(F)F.CC(C)CN1C(=O)CCC1=O.CC(C)CN1CCCC1=O.CC(C)CN1N=NC2C=CC=CC2C1=O.CC(C)CS(=O)(=O)C(F)(F)F.CC(C)CS(C)(=O)=O.CC(C)Cc1c(Cl)c(Cl)c(Cl)c(Cl)c1Cl.CC(C)Cc1c(F)c(F)c(F)c(F)c1F.CC(C)Cc1ccccc1.C[N+](=O)[O-].Cc1ccc(S(=O)(=O)CC(C)C)cc1. The van der Waals surface area contributed by atoms with Crippen molar-refractivity contribution in [3.63, 3.8) is 0 Å². The molecule has 760 valence electrons. The largest absolute Gasteiger partial charge is 0.497 e. The number of amides is 4. The fourth-order valence-electron chi connectivity index (χ4n) is 11.5. The highest BCUT2D eigenvalue weighted by Crippen LogP contribution is 2.45. The number of nitro groups is 1. The molecule has 4 aromatic rings. The monoisotopic (exact) mass is 2060 g/mol. The summed E-state index contributed by atoms with van der Waals surface area (Å²) in [5, 5.41) is 19.9. The number of likely N-dealkylation sites (tertiary alicyclic amines) is 2. The molecule has 3 atom stereocenters. The highest BCUT2D eigenvalue weighted by atomic mass is 35.5. The van der Waals surface area contributed by atoms with Crippen molar-refractivity contribution < 1.29 is 111 Å². The molecule has 8 rings (SSSR count). The van der Waals surface area contributed by atoms with Gasteiger partial charge in [-0.1, -0.05) is 295 Å². The Bertz CT molecular complexity index is 4410. The first-order chi connectivity index (χ1) is 60.0. The van der Waals surface area contributed by atoms with E-state index >= 15 is 0 Å². The molecular weight excluding hydrogens is 1920 g/mol. The van der Waals surface area contributed by atoms with Crippen LogP contribution in [0.3, 0.4) is 0 Å². The molecule has 3 unspecified atom stereocenters. The molecule has 2 saturated heterocycles. The van der Waals surface area contributed by atoms with Gasteiger partial charge in [0.15, 0.2) is 40.2 Å². The number of benzene rings is 4. The number of fused-ring (bicyclic) bond motifs is 1. The quantitative estimate of drug-likeness (QED) is 0.0168. The van der Waals surface area contributed by atoms with Crippen molar-refractivity contribution >= 4 is 111 Å². The molecule has 4 aliphatic rings. The lowest BCUT2D eigenvalue weighted by Gasteiger charge is -2.29. The van der Waals surface area contributed by atoms with Gasteiger partial charge in [-0.2, -0.15) is 44.6 Å². The Labute approximate surface area is 800 Å². The summed E-state index contributed by atoms with van der Waals surface area (Å²) in [4.78, 5) is 57.1. The number of sulfone groups is 3. The van der Waals surface area contributed by atoms with Crippen LogP contribution in [0, 0.1) is 123 Å². The topological polar surface area (TPSA) is 248 Å². The Morgan fingerprint density at radius 2 is 0.894 bits per heavy atom. The van der Waals surface area contributed by atoms with E-state index in [0.717, 1.165) is 50.0 Å². The first-order valence-electron chi connectivity index (χ1n) is 43.2. The van der Waals surface area contributed by atoms with E-state index < -0.39 is 111 Å². The van der Waals surface area contributed by atoms with Crippen LogP contribution >= 0.6 is 58.0 Å². The lowest BCUT2D eigenvalue weighted by molar-refractivity contribution is -0.445. The second-order valence-electron chi connectivity index (χ2n) is 36.5. The second-order valence-corrected chi connectivity index (χ2v) is 44.6. The van der Waals surface area contributed by atoms with Crippen molar-refractivity contribution in [1.82, 2.24) is 14.8 Å². The van der Waals surface area contributed by atoms with Gasteiger partial charge >= 0.3 is 17.9 Å². The van der Waals surface area contributed by atoms with Gasteiger partial charge in [-0.15, -0.1) is 0 Å². The smallest absolute Gasteiger partial charge is 0.342 e. The van der Waals surface area contributed by atoms with E-state index in [1.165, 1.54) is 48.9 Å². The number of rotatable bonds is 23. The van der Waals surface area contributed by atoms with Crippen LogP contribution in [-0.2, 0) is 68.0 Å². The van der Waals surface area contributed by atoms with E-state index in [-0.39, 0.29) is 99.4 Å². The van der Waals surface area contributed by atoms with Gasteiger partial charge in [0.25, 0.3) is 5.91 Å². The van der Waals surface area contributed by atoms with Gasteiger partial charge in [-0.05, 0) is 134 Å². The van der Waals surface area contributed by atoms with Gasteiger partial charge < -0.3 is 4.90 Å². The maximum Gasteiger partial charge on any atom is 0.497 e.